The molecule has 0 saturated carbocycles. The van der Waals surface area contributed by atoms with Gasteiger partial charge in [-0.15, -0.1) is 0 Å². The molecular weight excluding hydrogens is 156 g/mol. The van der Waals surface area contributed by atoms with Crippen molar-refractivity contribution in [3.8, 4) is 0 Å². The van der Waals surface area contributed by atoms with Gasteiger partial charge in [0.05, 0.1) is 0 Å². The molecule has 0 fully saturated rings. The third kappa shape index (κ3) is 2270. The first-order chi connectivity index (χ1) is 3.41. The third-order valence-electron chi connectivity index (χ3n) is 0. The van der Waals surface area contributed by atoms with Gasteiger partial charge in [-0.05, 0) is 0 Å². The molecule has 0 rings (SSSR count). The van der Waals surface area contributed by atoms with E-state index in [1.54, 1.807) is 0 Å². The van der Waals surface area contributed by atoms with Crippen LogP contribution in [0.4, 0.5) is 0 Å². The van der Waals surface area contributed by atoms with E-state index in [0.29, 0.717) is 0 Å². The van der Waals surface area contributed by atoms with Crippen LogP contribution in [0.1, 0.15) is 0 Å². The van der Waals surface area contributed by atoms with Gasteiger partial charge in [-0.3, -0.25) is 13.9 Å². The minimum absolute atomic E-state index is 0.250. The van der Waals surface area contributed by atoms with E-state index in [1.165, 1.54) is 0 Å². The molecule has 50 valence electrons. The molecule has 0 amide bonds. The molecule has 0 aliphatic rings. The van der Waals surface area contributed by atoms with Crippen LogP contribution in [-0.2, 0) is 25.0 Å². The van der Waals surface area contributed by atoms with E-state index in [4.69, 9.17) is 23.2 Å². The molecule has 0 heterocycles. The van der Waals surface area contributed by atoms with E-state index < -0.39 is 9.05 Å². The van der Waals surface area contributed by atoms with E-state index in [-0.39, 0.29) is 6.47 Å². The fourth-order valence-electron chi connectivity index (χ4n) is 0. The number of carboxylic acid groups (broad SMARTS) is 1. The Kier molecular flexibility index (Phi) is 6.56. The summed E-state index contributed by atoms with van der Waals surface area (Å²) in [7, 11) is -3.83. The van der Waals surface area contributed by atoms with Crippen molar-refractivity contribution in [3.63, 3.8) is 0 Å². The second kappa shape index (κ2) is 4.91. The monoisotopic (exact) mass is 160 g/mol. The average molecular weight is 160 g/mol. The molecule has 0 aromatic rings. The number of rotatable bonds is 0. The molecule has 0 aromatic carbocycles. The third-order valence-corrected chi connectivity index (χ3v) is 0. The fourth-order valence-corrected chi connectivity index (χ4v) is 0. The van der Waals surface area contributed by atoms with Gasteiger partial charge < -0.3 is 5.11 Å². The molecule has 5 nitrogen and oxygen atoms in total. The van der Waals surface area contributed by atoms with Crippen LogP contribution in [0.2, 0.25) is 0 Å². The van der Waals surface area contributed by atoms with Crippen LogP contribution in [0.25, 0.3) is 0 Å². The predicted molar refractivity (Wildman–Crippen MR) is 29.5 cm³/mol. The highest BCUT2D eigenvalue weighted by Crippen LogP contribution is 1.62. The lowest BCUT2D eigenvalue weighted by molar-refractivity contribution is -0.122. The topological polar surface area (TPSA) is 94.8 Å². The molecule has 3 N–H and O–H groups in total. The van der Waals surface area contributed by atoms with Crippen molar-refractivity contribution < 1.29 is 23.2 Å². The van der Waals surface area contributed by atoms with Crippen LogP contribution in [0.15, 0.2) is 0 Å². The summed E-state index contributed by atoms with van der Waals surface area (Å²) in [5.74, 6) is 0. The van der Waals surface area contributed by atoms with E-state index in [2.05, 4.69) is 11.2 Å². The molecular formula is CH4O5S2. The van der Waals surface area contributed by atoms with Crippen molar-refractivity contribution in [1.82, 2.24) is 0 Å². The normalized spacial score (nSPS) is 8.75. The first-order valence-corrected chi connectivity index (χ1v) is 3.59. The van der Waals surface area contributed by atoms with Crippen molar-refractivity contribution in [3.05, 3.63) is 0 Å². The molecule has 0 unspecified atom stereocenters. The molecule has 0 aromatic heterocycles. The number of hydrogen-bond acceptors (Lipinski definition) is 3. The Morgan fingerprint density at radius 3 is 1.50 bits per heavy atom. The van der Waals surface area contributed by atoms with Crippen molar-refractivity contribution in [1.29, 1.82) is 0 Å². The van der Waals surface area contributed by atoms with Gasteiger partial charge >= 0.3 is 0 Å². The zero-order chi connectivity index (χ0) is 7.21. The molecule has 0 aliphatic carbocycles. The largest absolute Gasteiger partial charge is 0.483 e. The first kappa shape index (κ1) is 10.7. The lowest BCUT2D eigenvalue weighted by Crippen LogP contribution is -1.86. The maximum Gasteiger partial charge on any atom is 0.290 e. The second-order valence-electron chi connectivity index (χ2n) is 0.553. The first-order valence-electron chi connectivity index (χ1n) is 1.19. The summed E-state index contributed by atoms with van der Waals surface area (Å²) in [6.45, 7) is -0.250. The van der Waals surface area contributed by atoms with Crippen molar-refractivity contribution in [2.45, 2.75) is 0 Å². The van der Waals surface area contributed by atoms with Crippen LogP contribution in [-0.4, -0.2) is 24.9 Å². The SMILES string of the molecule is O=CO.O=S(O)(O)=S. The van der Waals surface area contributed by atoms with Gasteiger partial charge in [0.25, 0.3) is 15.5 Å². The predicted octanol–water partition coefficient (Wildman–Crippen LogP) is -0.620. The highest BCUT2D eigenvalue weighted by atomic mass is 32.9. The van der Waals surface area contributed by atoms with Crippen LogP contribution in [0, 0.1) is 0 Å². The molecule has 0 bridgehead atoms. The zero-order valence-electron chi connectivity index (χ0n) is 3.55. The lowest BCUT2D eigenvalue weighted by atomic mass is 11.7. The molecule has 0 aliphatic heterocycles. The summed E-state index contributed by atoms with van der Waals surface area (Å²) < 4.78 is 24.0. The zero-order valence-corrected chi connectivity index (χ0v) is 5.18. The second-order valence-corrected chi connectivity index (χ2v) is 2.75. The summed E-state index contributed by atoms with van der Waals surface area (Å²) >= 11 is 3.47. The van der Waals surface area contributed by atoms with Crippen LogP contribution in [0.5, 0.6) is 0 Å². The van der Waals surface area contributed by atoms with Crippen molar-refractivity contribution in [2.75, 3.05) is 0 Å². The van der Waals surface area contributed by atoms with Crippen LogP contribution in [0.3, 0.4) is 0 Å². The van der Waals surface area contributed by atoms with Gasteiger partial charge in [0.15, 0.2) is 0 Å². The van der Waals surface area contributed by atoms with Crippen LogP contribution >= 0.6 is 0 Å². The minimum Gasteiger partial charge on any atom is -0.483 e. The highest BCUT2D eigenvalue weighted by molar-refractivity contribution is 8.26. The Balaban J connectivity index is 0. The summed E-state index contributed by atoms with van der Waals surface area (Å²) in [4.78, 5) is 8.36. The quantitative estimate of drug-likeness (QED) is 0.409. The Bertz CT molecular complexity index is 125. The number of hydrogen-bond donors (Lipinski definition) is 3. The molecule has 0 saturated heterocycles. The fraction of sp³-hybridized carbons (Fsp3) is 0. The Hall–Kier alpha value is -0.240. The summed E-state index contributed by atoms with van der Waals surface area (Å²) in [5, 5.41) is 6.89. The molecule has 0 atom stereocenters. The van der Waals surface area contributed by atoms with E-state index in [1.807, 2.05) is 0 Å². The summed E-state index contributed by atoms with van der Waals surface area (Å²) in [6, 6.07) is 0. The maximum absolute atomic E-state index is 9.11. The van der Waals surface area contributed by atoms with Gasteiger partial charge in [0.2, 0.25) is 0 Å². The highest BCUT2D eigenvalue weighted by Gasteiger charge is 1.78. The van der Waals surface area contributed by atoms with Crippen LogP contribution < -0.4 is 0 Å². The maximum atomic E-state index is 9.11. The lowest BCUT2D eigenvalue weighted by Gasteiger charge is -1.73. The van der Waals surface area contributed by atoms with Gasteiger partial charge in [0.1, 0.15) is 0 Å². The van der Waals surface area contributed by atoms with E-state index in [9.17, 15) is 0 Å². The van der Waals surface area contributed by atoms with Gasteiger partial charge in [-0.25, -0.2) is 0 Å². The standard InChI is InChI=1S/CH2O2.H2O3S2/c2-1-3;1-5(2,3)4/h1H,(H,2,3);(H2,1,2,3,4). The summed E-state index contributed by atoms with van der Waals surface area (Å²) in [6.07, 6.45) is 0. The molecule has 8 heavy (non-hydrogen) atoms. The minimum atomic E-state index is -3.83. The Labute approximate surface area is 50.7 Å². The van der Waals surface area contributed by atoms with E-state index in [0.717, 1.165) is 0 Å². The van der Waals surface area contributed by atoms with Gasteiger partial charge in [0, 0.05) is 11.2 Å². The summed E-state index contributed by atoms with van der Waals surface area (Å²) in [5.41, 5.74) is 0. The molecule has 0 radical (unpaired) electrons. The average Bonchev–Trinajstić information content (AvgIpc) is 1.27. The van der Waals surface area contributed by atoms with Gasteiger partial charge in [-0.1, -0.05) is 0 Å². The van der Waals surface area contributed by atoms with Gasteiger partial charge in [-0.2, -0.15) is 4.21 Å². The van der Waals surface area contributed by atoms with Crippen molar-refractivity contribution in [2.24, 2.45) is 0 Å². The molecule has 0 spiro atoms. The smallest absolute Gasteiger partial charge is 0.290 e. The Morgan fingerprint density at radius 1 is 1.50 bits per heavy atom. The van der Waals surface area contributed by atoms with E-state index >= 15 is 0 Å². The molecule has 7 heteroatoms. The van der Waals surface area contributed by atoms with Crippen molar-refractivity contribution >= 4 is 26.7 Å². The number of carbonyl (C=O) groups is 1. The Morgan fingerprint density at radius 2 is 1.50 bits per heavy atom.